The third-order valence-corrected chi connectivity index (χ3v) is 6.91. The molecule has 242 valence electrons. The number of hydrogen-bond donors (Lipinski definition) is 10. The number of fused-ring (bicyclic) bond motifs is 1. The fourth-order valence-electron chi connectivity index (χ4n) is 4.55. The van der Waals surface area contributed by atoms with Gasteiger partial charge in [-0.1, -0.05) is 18.2 Å². The highest BCUT2D eigenvalue weighted by Gasteiger charge is 2.31. The van der Waals surface area contributed by atoms with Crippen LogP contribution in [0.4, 0.5) is 0 Å². The topological polar surface area (TPSA) is 297 Å². The number of guanidine groups is 1. The van der Waals surface area contributed by atoms with E-state index in [1.807, 2.05) is 24.3 Å². The number of hydrogen-bond acceptors (Lipinski definition) is 8. The van der Waals surface area contributed by atoms with E-state index in [-0.39, 0.29) is 51.0 Å². The number of aromatic nitrogens is 3. The number of carbonyl (C=O) groups excluding carboxylic acids is 3. The fraction of sp³-hybridized carbons (Fsp3) is 0.393. The van der Waals surface area contributed by atoms with Gasteiger partial charge in [0, 0.05) is 54.8 Å². The molecule has 0 aliphatic heterocycles. The highest BCUT2D eigenvalue weighted by molar-refractivity contribution is 5.94. The summed E-state index contributed by atoms with van der Waals surface area (Å²) in [4.78, 5) is 76.5. The number of nitrogens with one attached hydrogen (secondary N) is 5. The van der Waals surface area contributed by atoms with Crippen molar-refractivity contribution in [3.63, 3.8) is 0 Å². The molecule has 0 saturated heterocycles. The van der Waals surface area contributed by atoms with Crippen LogP contribution >= 0.6 is 0 Å². The number of aromatic amines is 2. The Morgan fingerprint density at radius 1 is 0.889 bits per heavy atom. The van der Waals surface area contributed by atoms with Crippen LogP contribution in [0.25, 0.3) is 10.9 Å². The summed E-state index contributed by atoms with van der Waals surface area (Å²) in [5, 5.41) is 27.3. The lowest BCUT2D eigenvalue weighted by Gasteiger charge is -2.25. The zero-order valence-electron chi connectivity index (χ0n) is 24.4. The monoisotopic (exact) mass is 626 g/mol. The molecule has 3 aromatic rings. The lowest BCUT2D eigenvalue weighted by molar-refractivity contribution is -0.142. The van der Waals surface area contributed by atoms with Crippen molar-refractivity contribution in [2.75, 3.05) is 6.54 Å². The van der Waals surface area contributed by atoms with Crippen LogP contribution in [-0.4, -0.2) is 91.5 Å². The average molecular weight is 627 g/mol. The van der Waals surface area contributed by atoms with Gasteiger partial charge in [-0.05, 0) is 30.9 Å². The molecule has 3 rings (SSSR count). The summed E-state index contributed by atoms with van der Waals surface area (Å²) in [6, 6.07) is 2.29. The number of amides is 3. The lowest BCUT2D eigenvalue weighted by atomic mass is 10.0. The van der Waals surface area contributed by atoms with Crippen molar-refractivity contribution in [2.45, 2.75) is 62.7 Å². The number of nitrogens with zero attached hydrogens (tertiary/aromatic N) is 2. The number of benzene rings is 1. The second-order valence-corrected chi connectivity index (χ2v) is 10.4. The smallest absolute Gasteiger partial charge is 0.326 e. The molecule has 2 aromatic heterocycles. The van der Waals surface area contributed by atoms with Crippen molar-refractivity contribution in [2.24, 2.45) is 22.2 Å². The maximum Gasteiger partial charge on any atom is 0.326 e. The van der Waals surface area contributed by atoms with E-state index in [0.717, 1.165) is 10.9 Å². The summed E-state index contributed by atoms with van der Waals surface area (Å²) in [6.07, 6.45) is 4.14. The molecular weight excluding hydrogens is 588 g/mol. The second-order valence-electron chi connectivity index (χ2n) is 10.4. The van der Waals surface area contributed by atoms with Crippen molar-refractivity contribution < 1.29 is 34.2 Å². The van der Waals surface area contributed by atoms with Gasteiger partial charge in [0.1, 0.15) is 18.1 Å². The van der Waals surface area contributed by atoms with Crippen molar-refractivity contribution in [3.05, 3.63) is 54.2 Å². The molecule has 13 N–H and O–H groups in total. The highest BCUT2D eigenvalue weighted by Crippen LogP contribution is 2.19. The Bertz CT molecular complexity index is 1500. The van der Waals surface area contributed by atoms with Crippen LogP contribution < -0.4 is 33.2 Å². The van der Waals surface area contributed by atoms with E-state index >= 15 is 0 Å². The standard InChI is InChI=1S/C28H38N10O7/c29-18(7-8-23(39)40)24(41)37-21(11-16-13-32-14-35-16)26(43)36-20(6-3-9-33-28(30)31)25(42)38-22(27(44)45)10-15-12-34-19-5-2-1-4-17(15)19/h1-2,4-5,12-14,18,20-22,34H,3,6-11,29H2,(H,32,35)(H,36,43)(H,37,41)(H,38,42)(H,39,40)(H,44,45)(H4,30,31,33). The minimum atomic E-state index is -1.33. The third-order valence-electron chi connectivity index (χ3n) is 6.91. The minimum absolute atomic E-state index is 0.0244. The Hall–Kier alpha value is -5.45. The molecule has 1 aromatic carbocycles. The minimum Gasteiger partial charge on any atom is -0.481 e. The molecule has 4 unspecified atom stereocenters. The van der Waals surface area contributed by atoms with Gasteiger partial charge < -0.3 is 53.3 Å². The maximum absolute atomic E-state index is 13.5. The SMILES string of the molecule is NC(N)=NCCCC(NC(=O)C(Cc1cnc[nH]1)NC(=O)C(N)CCC(=O)O)C(=O)NC(Cc1c[nH]c2ccccc12)C(=O)O. The number of para-hydroxylation sites is 1. The van der Waals surface area contributed by atoms with Gasteiger partial charge in [-0.15, -0.1) is 0 Å². The molecular formula is C28H38N10O7. The molecule has 0 spiro atoms. The molecule has 0 saturated carbocycles. The molecule has 3 amide bonds. The summed E-state index contributed by atoms with van der Waals surface area (Å²) in [6.45, 7) is 0.131. The zero-order chi connectivity index (χ0) is 32.9. The highest BCUT2D eigenvalue weighted by atomic mass is 16.4. The van der Waals surface area contributed by atoms with Crippen LogP contribution in [0.15, 0.2) is 48.0 Å². The fourth-order valence-corrected chi connectivity index (χ4v) is 4.55. The van der Waals surface area contributed by atoms with E-state index in [4.69, 9.17) is 22.3 Å². The van der Waals surface area contributed by atoms with Crippen molar-refractivity contribution >= 4 is 46.5 Å². The van der Waals surface area contributed by atoms with Crippen LogP contribution in [0.3, 0.4) is 0 Å². The van der Waals surface area contributed by atoms with Crippen LogP contribution in [-0.2, 0) is 36.8 Å². The van der Waals surface area contributed by atoms with Crippen LogP contribution in [0.1, 0.15) is 36.9 Å². The maximum atomic E-state index is 13.5. The number of aliphatic carboxylic acids is 2. The lowest BCUT2D eigenvalue weighted by Crippen LogP contribution is -2.57. The van der Waals surface area contributed by atoms with Crippen molar-refractivity contribution in [3.8, 4) is 0 Å². The summed E-state index contributed by atoms with van der Waals surface area (Å²) >= 11 is 0. The van der Waals surface area contributed by atoms with Gasteiger partial charge in [-0.25, -0.2) is 9.78 Å². The van der Waals surface area contributed by atoms with E-state index in [2.05, 4.69) is 35.9 Å². The quantitative estimate of drug-likeness (QED) is 0.0438. The van der Waals surface area contributed by atoms with Gasteiger partial charge in [0.2, 0.25) is 17.7 Å². The Morgan fingerprint density at radius 2 is 1.58 bits per heavy atom. The first-order chi connectivity index (χ1) is 21.4. The Morgan fingerprint density at radius 3 is 2.24 bits per heavy atom. The van der Waals surface area contributed by atoms with Gasteiger partial charge in [0.15, 0.2) is 5.96 Å². The first-order valence-electron chi connectivity index (χ1n) is 14.1. The predicted molar refractivity (Wildman–Crippen MR) is 162 cm³/mol. The molecule has 45 heavy (non-hydrogen) atoms. The molecule has 0 fully saturated rings. The van der Waals surface area contributed by atoms with E-state index in [1.165, 1.54) is 12.5 Å². The summed E-state index contributed by atoms with van der Waals surface area (Å²) in [7, 11) is 0. The molecule has 4 atom stereocenters. The molecule has 0 bridgehead atoms. The Balaban J connectivity index is 1.78. The molecule has 0 radical (unpaired) electrons. The van der Waals surface area contributed by atoms with Gasteiger partial charge >= 0.3 is 11.9 Å². The van der Waals surface area contributed by atoms with Gasteiger partial charge in [-0.2, -0.15) is 0 Å². The number of carboxylic acids is 2. The summed E-state index contributed by atoms with van der Waals surface area (Å²) in [5.74, 6) is -4.89. The zero-order valence-corrected chi connectivity index (χ0v) is 24.4. The van der Waals surface area contributed by atoms with E-state index in [9.17, 15) is 29.1 Å². The van der Waals surface area contributed by atoms with Gasteiger partial charge in [0.25, 0.3) is 0 Å². The number of imidazole rings is 1. The van der Waals surface area contributed by atoms with Crippen LogP contribution in [0.2, 0.25) is 0 Å². The van der Waals surface area contributed by atoms with E-state index < -0.39 is 53.8 Å². The van der Waals surface area contributed by atoms with Crippen molar-refractivity contribution in [1.82, 2.24) is 30.9 Å². The number of H-pyrrole nitrogens is 2. The number of rotatable bonds is 18. The van der Waals surface area contributed by atoms with Gasteiger partial charge in [-0.3, -0.25) is 24.2 Å². The normalized spacial score (nSPS) is 13.6. The number of carboxylic acid groups (broad SMARTS) is 2. The molecule has 17 nitrogen and oxygen atoms in total. The Kier molecular flexibility index (Phi) is 12.4. The number of aliphatic imine (C=N–C) groups is 1. The van der Waals surface area contributed by atoms with Crippen LogP contribution in [0.5, 0.6) is 0 Å². The number of carbonyl (C=O) groups is 5. The Labute approximate surface area is 257 Å². The summed E-state index contributed by atoms with van der Waals surface area (Å²) < 4.78 is 0. The predicted octanol–water partition coefficient (Wildman–Crippen LogP) is -1.54. The molecule has 0 aliphatic carbocycles. The summed E-state index contributed by atoms with van der Waals surface area (Å²) in [5.41, 5.74) is 18.6. The van der Waals surface area contributed by atoms with E-state index in [0.29, 0.717) is 11.3 Å². The van der Waals surface area contributed by atoms with Crippen LogP contribution in [0, 0.1) is 0 Å². The second kappa shape index (κ2) is 16.4. The third kappa shape index (κ3) is 10.6. The van der Waals surface area contributed by atoms with E-state index in [1.54, 1.807) is 6.20 Å². The number of nitrogens with two attached hydrogens (primary N) is 3. The largest absolute Gasteiger partial charge is 0.481 e. The average Bonchev–Trinajstić information content (AvgIpc) is 3.66. The van der Waals surface area contributed by atoms with Crippen molar-refractivity contribution in [1.29, 1.82) is 0 Å². The molecule has 2 heterocycles. The van der Waals surface area contributed by atoms with Gasteiger partial charge in [0.05, 0.1) is 12.4 Å². The molecule has 17 heteroatoms. The first-order valence-corrected chi connectivity index (χ1v) is 14.1. The first kappa shape index (κ1) is 34.0. The molecule has 0 aliphatic rings.